The summed E-state index contributed by atoms with van der Waals surface area (Å²) in [7, 11) is -4.01. The maximum absolute atomic E-state index is 13.5. The molecular formula is C24H24N2O3S. The van der Waals surface area contributed by atoms with Crippen LogP contribution in [0, 0.1) is 6.92 Å². The van der Waals surface area contributed by atoms with Crippen molar-refractivity contribution in [2.45, 2.75) is 38.1 Å². The summed E-state index contributed by atoms with van der Waals surface area (Å²) in [5.41, 5.74) is 3.88. The first-order valence-electron chi connectivity index (χ1n) is 9.90. The van der Waals surface area contributed by atoms with Crippen molar-refractivity contribution in [2.75, 3.05) is 9.21 Å². The van der Waals surface area contributed by atoms with E-state index < -0.39 is 16.1 Å². The van der Waals surface area contributed by atoms with E-state index in [1.54, 1.807) is 36.4 Å². The maximum Gasteiger partial charge on any atom is 0.343 e. The van der Waals surface area contributed by atoms with Gasteiger partial charge in [0.25, 0.3) is 10.0 Å². The van der Waals surface area contributed by atoms with Gasteiger partial charge in [-0.1, -0.05) is 67.9 Å². The molecule has 0 radical (unpaired) electrons. The summed E-state index contributed by atoms with van der Waals surface area (Å²) in [4.78, 5) is 15.1. The summed E-state index contributed by atoms with van der Waals surface area (Å²) in [6, 6.07) is 21.1. The SMILES string of the molecule is Cc1ccc(CN2C(=O)N(c3ccc(C(C)C)cc3)S(=O)(=O)c3ccccc32)cc1. The van der Waals surface area contributed by atoms with E-state index in [-0.39, 0.29) is 11.4 Å². The second-order valence-electron chi connectivity index (χ2n) is 7.84. The highest BCUT2D eigenvalue weighted by Gasteiger charge is 2.42. The molecule has 0 atom stereocenters. The van der Waals surface area contributed by atoms with E-state index in [0.717, 1.165) is 21.0 Å². The number of fused-ring (bicyclic) bond motifs is 1. The average Bonchev–Trinajstić information content (AvgIpc) is 2.73. The molecule has 0 N–H and O–H groups in total. The number of nitrogens with zero attached hydrogens (tertiary/aromatic N) is 2. The Balaban J connectivity index is 1.81. The second kappa shape index (κ2) is 7.61. The summed E-state index contributed by atoms with van der Waals surface area (Å²) in [5, 5.41) is 0. The molecule has 0 aliphatic carbocycles. The van der Waals surface area contributed by atoms with E-state index in [9.17, 15) is 13.2 Å². The van der Waals surface area contributed by atoms with Crippen LogP contribution in [0.5, 0.6) is 0 Å². The number of urea groups is 1. The predicted octanol–water partition coefficient (Wildman–Crippen LogP) is 5.45. The van der Waals surface area contributed by atoms with Gasteiger partial charge in [0.15, 0.2) is 0 Å². The summed E-state index contributed by atoms with van der Waals surface area (Å²) in [5.74, 6) is 0.312. The minimum absolute atomic E-state index is 0.129. The fourth-order valence-corrected chi connectivity index (χ4v) is 5.18. The number of carbonyl (C=O) groups is 1. The molecule has 0 saturated carbocycles. The highest BCUT2D eigenvalue weighted by Crippen LogP contribution is 2.38. The van der Waals surface area contributed by atoms with E-state index in [4.69, 9.17) is 0 Å². The smallest absolute Gasteiger partial charge is 0.287 e. The number of para-hydroxylation sites is 1. The highest BCUT2D eigenvalue weighted by molar-refractivity contribution is 7.94. The number of hydrogen-bond donors (Lipinski definition) is 0. The first kappa shape index (κ1) is 20.2. The topological polar surface area (TPSA) is 57.7 Å². The van der Waals surface area contributed by atoms with E-state index in [1.165, 1.54) is 4.90 Å². The van der Waals surface area contributed by atoms with Crippen molar-refractivity contribution in [3.05, 3.63) is 89.5 Å². The van der Waals surface area contributed by atoms with Gasteiger partial charge in [0.2, 0.25) is 0 Å². The third kappa shape index (κ3) is 3.48. The largest absolute Gasteiger partial charge is 0.343 e. The van der Waals surface area contributed by atoms with Crippen molar-refractivity contribution in [2.24, 2.45) is 0 Å². The Labute approximate surface area is 177 Å². The molecule has 0 unspecified atom stereocenters. The van der Waals surface area contributed by atoms with Gasteiger partial charge in [-0.25, -0.2) is 13.2 Å². The lowest BCUT2D eigenvalue weighted by Gasteiger charge is -2.36. The van der Waals surface area contributed by atoms with Crippen LogP contribution < -0.4 is 9.21 Å². The van der Waals surface area contributed by atoms with Gasteiger partial charge in [-0.2, -0.15) is 4.31 Å². The van der Waals surface area contributed by atoms with Crippen LogP contribution in [0.2, 0.25) is 0 Å². The molecular weight excluding hydrogens is 396 g/mol. The zero-order valence-electron chi connectivity index (χ0n) is 17.2. The fraction of sp³-hybridized carbons (Fsp3) is 0.208. The Kier molecular flexibility index (Phi) is 5.12. The Morgan fingerprint density at radius 2 is 1.50 bits per heavy atom. The number of amides is 2. The van der Waals surface area contributed by atoms with E-state index in [0.29, 0.717) is 17.3 Å². The number of rotatable bonds is 4. The summed E-state index contributed by atoms with van der Waals surface area (Å²) < 4.78 is 27.6. The lowest BCUT2D eigenvalue weighted by Crippen LogP contribution is -2.50. The summed E-state index contributed by atoms with van der Waals surface area (Å²) in [6.45, 7) is 6.42. The number of carbonyl (C=O) groups excluding carboxylic acids is 1. The number of sulfonamides is 1. The molecule has 3 aromatic carbocycles. The fourth-order valence-electron chi connectivity index (χ4n) is 3.58. The third-order valence-electron chi connectivity index (χ3n) is 5.33. The Morgan fingerprint density at radius 1 is 0.867 bits per heavy atom. The normalized spacial score (nSPS) is 15.4. The molecule has 0 fully saturated rings. The minimum atomic E-state index is -4.01. The zero-order chi connectivity index (χ0) is 21.5. The van der Waals surface area contributed by atoms with Gasteiger partial charge in [0, 0.05) is 0 Å². The molecule has 6 heteroatoms. The van der Waals surface area contributed by atoms with Crippen LogP contribution in [0.1, 0.15) is 36.5 Å². The van der Waals surface area contributed by atoms with Crippen molar-refractivity contribution in [3.63, 3.8) is 0 Å². The predicted molar refractivity (Wildman–Crippen MR) is 119 cm³/mol. The molecule has 1 aliphatic rings. The van der Waals surface area contributed by atoms with Crippen LogP contribution in [0.25, 0.3) is 0 Å². The van der Waals surface area contributed by atoms with E-state index in [1.807, 2.05) is 43.3 Å². The quantitative estimate of drug-likeness (QED) is 0.564. The average molecular weight is 421 g/mol. The number of aryl methyl sites for hydroxylation is 1. The summed E-state index contributed by atoms with van der Waals surface area (Å²) in [6.07, 6.45) is 0. The van der Waals surface area contributed by atoms with Crippen LogP contribution in [-0.2, 0) is 16.6 Å². The van der Waals surface area contributed by atoms with Gasteiger partial charge in [-0.05, 0) is 48.2 Å². The first-order valence-corrected chi connectivity index (χ1v) is 11.3. The van der Waals surface area contributed by atoms with Crippen molar-refractivity contribution < 1.29 is 13.2 Å². The molecule has 1 heterocycles. The second-order valence-corrected chi connectivity index (χ2v) is 9.59. The molecule has 0 saturated heterocycles. The standard InChI is InChI=1S/C24H24N2O3S/c1-17(2)20-12-14-21(15-13-20)26-24(27)25(16-19-10-8-18(3)9-11-19)22-6-4-5-7-23(22)30(26,28)29/h4-15,17H,16H2,1-3H3. The van der Waals surface area contributed by atoms with Gasteiger partial charge in [0.05, 0.1) is 17.9 Å². The van der Waals surface area contributed by atoms with E-state index >= 15 is 0 Å². The maximum atomic E-state index is 13.5. The zero-order valence-corrected chi connectivity index (χ0v) is 18.1. The molecule has 2 amide bonds. The molecule has 0 aromatic heterocycles. The Hall–Kier alpha value is -3.12. The molecule has 3 aromatic rings. The van der Waals surface area contributed by atoms with Crippen LogP contribution in [0.3, 0.4) is 0 Å². The van der Waals surface area contributed by atoms with Crippen molar-refractivity contribution in [1.82, 2.24) is 0 Å². The van der Waals surface area contributed by atoms with Gasteiger partial charge >= 0.3 is 6.03 Å². The van der Waals surface area contributed by atoms with Gasteiger partial charge in [-0.15, -0.1) is 0 Å². The van der Waals surface area contributed by atoms with Crippen LogP contribution >= 0.6 is 0 Å². The molecule has 1 aliphatic heterocycles. The van der Waals surface area contributed by atoms with Crippen LogP contribution in [0.15, 0.2) is 77.7 Å². The lowest BCUT2D eigenvalue weighted by molar-refractivity contribution is 0.253. The molecule has 5 nitrogen and oxygen atoms in total. The van der Waals surface area contributed by atoms with E-state index in [2.05, 4.69) is 13.8 Å². The summed E-state index contributed by atoms with van der Waals surface area (Å²) >= 11 is 0. The van der Waals surface area contributed by atoms with Crippen LogP contribution in [0.4, 0.5) is 16.2 Å². The highest BCUT2D eigenvalue weighted by atomic mass is 32.2. The molecule has 154 valence electrons. The Bertz CT molecular complexity index is 1180. The Morgan fingerprint density at radius 3 is 2.13 bits per heavy atom. The van der Waals surface area contributed by atoms with Crippen LogP contribution in [-0.4, -0.2) is 14.4 Å². The first-order chi connectivity index (χ1) is 14.3. The van der Waals surface area contributed by atoms with Crippen molar-refractivity contribution in [1.29, 1.82) is 0 Å². The van der Waals surface area contributed by atoms with Crippen molar-refractivity contribution >= 4 is 27.4 Å². The molecule has 4 rings (SSSR count). The lowest BCUT2D eigenvalue weighted by atomic mass is 10.0. The molecule has 30 heavy (non-hydrogen) atoms. The van der Waals surface area contributed by atoms with Gasteiger partial charge < -0.3 is 0 Å². The number of anilines is 2. The van der Waals surface area contributed by atoms with Gasteiger partial charge in [-0.3, -0.25) is 4.90 Å². The number of benzene rings is 3. The monoisotopic (exact) mass is 420 g/mol. The number of hydrogen-bond acceptors (Lipinski definition) is 3. The minimum Gasteiger partial charge on any atom is -0.287 e. The van der Waals surface area contributed by atoms with Crippen molar-refractivity contribution in [3.8, 4) is 0 Å². The third-order valence-corrected chi connectivity index (χ3v) is 7.08. The molecule has 0 bridgehead atoms. The molecule has 0 spiro atoms. The van der Waals surface area contributed by atoms with Gasteiger partial charge in [0.1, 0.15) is 4.90 Å².